The van der Waals surface area contributed by atoms with Crippen LogP contribution in [0.1, 0.15) is 20.9 Å². The quantitative estimate of drug-likeness (QED) is 0.396. The van der Waals surface area contributed by atoms with Gasteiger partial charge >= 0.3 is 0 Å². The molecule has 150 valence electrons. The maximum Gasteiger partial charge on any atom is 0.293 e. The Hall–Kier alpha value is -3.58. The molecule has 2 N–H and O–H groups in total. The van der Waals surface area contributed by atoms with Crippen molar-refractivity contribution >= 4 is 50.1 Å². The van der Waals surface area contributed by atoms with Crippen LogP contribution in [0.15, 0.2) is 81.7 Å². The number of ether oxygens (including phenoxy) is 1. The summed E-state index contributed by atoms with van der Waals surface area (Å²) >= 11 is 3.38. The number of benzene rings is 3. The fourth-order valence-electron chi connectivity index (χ4n) is 3.02. The fraction of sp³-hybridized carbons (Fsp3) is 0.0435. The van der Waals surface area contributed by atoms with E-state index < -0.39 is 5.91 Å². The number of carbonyl (C=O) groups excluding carboxylic acids is 2. The first-order valence-electron chi connectivity index (χ1n) is 9.09. The van der Waals surface area contributed by atoms with E-state index in [0.717, 1.165) is 0 Å². The fourth-order valence-corrected chi connectivity index (χ4v) is 3.48. The van der Waals surface area contributed by atoms with E-state index in [1.165, 1.54) is 0 Å². The number of anilines is 2. The Morgan fingerprint density at radius 3 is 2.30 bits per heavy atom. The lowest BCUT2D eigenvalue weighted by atomic mass is 10.1. The minimum absolute atomic E-state index is 0.0208. The Labute approximate surface area is 181 Å². The number of furan rings is 1. The first kappa shape index (κ1) is 19.7. The molecule has 0 spiro atoms. The summed E-state index contributed by atoms with van der Waals surface area (Å²) in [6.07, 6.45) is 0. The van der Waals surface area contributed by atoms with Crippen molar-refractivity contribution in [3.05, 3.63) is 88.6 Å². The van der Waals surface area contributed by atoms with E-state index in [-0.39, 0.29) is 11.7 Å². The van der Waals surface area contributed by atoms with Crippen LogP contribution < -0.4 is 15.4 Å². The number of fused-ring (bicyclic) bond motifs is 1. The van der Waals surface area contributed by atoms with Gasteiger partial charge < -0.3 is 19.8 Å². The van der Waals surface area contributed by atoms with Crippen molar-refractivity contribution in [1.82, 2.24) is 0 Å². The topological polar surface area (TPSA) is 80.6 Å². The highest BCUT2D eigenvalue weighted by Gasteiger charge is 2.23. The highest BCUT2D eigenvalue weighted by molar-refractivity contribution is 9.10. The molecule has 0 atom stereocenters. The van der Waals surface area contributed by atoms with Gasteiger partial charge in [-0.3, -0.25) is 9.59 Å². The summed E-state index contributed by atoms with van der Waals surface area (Å²) in [5.74, 6) is -0.128. The van der Waals surface area contributed by atoms with E-state index in [4.69, 9.17) is 9.15 Å². The Morgan fingerprint density at radius 1 is 0.867 bits per heavy atom. The molecule has 30 heavy (non-hydrogen) atoms. The predicted molar refractivity (Wildman–Crippen MR) is 119 cm³/mol. The van der Waals surface area contributed by atoms with E-state index in [1.807, 2.05) is 12.1 Å². The van der Waals surface area contributed by atoms with Gasteiger partial charge in [0.05, 0.1) is 12.7 Å². The van der Waals surface area contributed by atoms with Crippen molar-refractivity contribution in [2.45, 2.75) is 0 Å². The Bertz CT molecular complexity index is 1230. The Morgan fingerprint density at radius 2 is 1.57 bits per heavy atom. The van der Waals surface area contributed by atoms with Gasteiger partial charge in [-0.25, -0.2) is 0 Å². The second-order valence-corrected chi connectivity index (χ2v) is 7.27. The number of nitrogens with one attached hydrogen (secondary N) is 2. The maximum absolute atomic E-state index is 12.9. The molecule has 0 radical (unpaired) electrons. The minimum atomic E-state index is -0.473. The highest BCUT2D eigenvalue weighted by atomic mass is 79.9. The maximum atomic E-state index is 12.9. The van der Waals surface area contributed by atoms with Crippen LogP contribution in [0.3, 0.4) is 0 Å². The number of halogens is 1. The lowest BCUT2D eigenvalue weighted by Crippen LogP contribution is -2.17. The first-order chi connectivity index (χ1) is 14.6. The van der Waals surface area contributed by atoms with Gasteiger partial charge in [-0.2, -0.15) is 0 Å². The SMILES string of the molecule is COc1ccc(NC(=O)c2oc3ccccc3c2NC(=O)c2ccccc2Br)cc1. The van der Waals surface area contributed by atoms with Crippen molar-refractivity contribution in [3.8, 4) is 5.75 Å². The molecule has 0 aliphatic carbocycles. The number of carbonyl (C=O) groups is 2. The van der Waals surface area contributed by atoms with Crippen LogP contribution in [0.4, 0.5) is 11.4 Å². The van der Waals surface area contributed by atoms with Gasteiger partial charge in [0, 0.05) is 15.5 Å². The zero-order valence-electron chi connectivity index (χ0n) is 15.9. The van der Waals surface area contributed by atoms with Gasteiger partial charge in [0.25, 0.3) is 11.8 Å². The van der Waals surface area contributed by atoms with Crippen molar-refractivity contribution < 1.29 is 18.7 Å². The average Bonchev–Trinajstić information content (AvgIpc) is 3.13. The summed E-state index contributed by atoms with van der Waals surface area (Å²) in [5, 5.41) is 6.26. The number of para-hydroxylation sites is 1. The lowest BCUT2D eigenvalue weighted by Gasteiger charge is -2.09. The molecular formula is C23H17BrN2O4. The van der Waals surface area contributed by atoms with Crippen LogP contribution in [-0.4, -0.2) is 18.9 Å². The predicted octanol–water partition coefficient (Wildman–Crippen LogP) is 5.71. The van der Waals surface area contributed by atoms with Gasteiger partial charge in [-0.05, 0) is 64.5 Å². The van der Waals surface area contributed by atoms with Gasteiger partial charge in [-0.1, -0.05) is 24.3 Å². The van der Waals surface area contributed by atoms with Gasteiger partial charge in [0.2, 0.25) is 5.76 Å². The van der Waals surface area contributed by atoms with Gasteiger partial charge in [0.1, 0.15) is 17.0 Å². The zero-order chi connectivity index (χ0) is 21.1. The third kappa shape index (κ3) is 3.92. The van der Waals surface area contributed by atoms with E-state index in [1.54, 1.807) is 67.8 Å². The largest absolute Gasteiger partial charge is 0.497 e. The number of rotatable bonds is 5. The second kappa shape index (κ2) is 8.42. The number of methoxy groups -OCH3 is 1. The van der Waals surface area contributed by atoms with Crippen LogP contribution in [0.2, 0.25) is 0 Å². The Balaban J connectivity index is 1.68. The van der Waals surface area contributed by atoms with E-state index in [0.29, 0.717) is 38.1 Å². The molecule has 7 heteroatoms. The molecule has 1 aromatic heterocycles. The zero-order valence-corrected chi connectivity index (χ0v) is 17.5. The van der Waals surface area contributed by atoms with E-state index in [9.17, 15) is 9.59 Å². The normalized spacial score (nSPS) is 10.6. The lowest BCUT2D eigenvalue weighted by molar-refractivity contribution is 0.0999. The molecule has 4 aromatic rings. The average molecular weight is 465 g/mol. The van der Waals surface area contributed by atoms with Crippen LogP contribution in [0.25, 0.3) is 11.0 Å². The van der Waals surface area contributed by atoms with E-state index in [2.05, 4.69) is 26.6 Å². The smallest absolute Gasteiger partial charge is 0.293 e. The van der Waals surface area contributed by atoms with Crippen molar-refractivity contribution in [2.75, 3.05) is 17.7 Å². The highest BCUT2D eigenvalue weighted by Crippen LogP contribution is 2.32. The molecule has 6 nitrogen and oxygen atoms in total. The summed E-state index contributed by atoms with van der Waals surface area (Å²) in [6.45, 7) is 0. The minimum Gasteiger partial charge on any atom is -0.497 e. The molecule has 0 aliphatic heterocycles. The molecule has 0 saturated carbocycles. The molecule has 0 fully saturated rings. The van der Waals surface area contributed by atoms with Crippen LogP contribution >= 0.6 is 15.9 Å². The van der Waals surface area contributed by atoms with Gasteiger partial charge in [0.15, 0.2) is 0 Å². The van der Waals surface area contributed by atoms with Crippen molar-refractivity contribution in [2.24, 2.45) is 0 Å². The summed E-state index contributed by atoms with van der Waals surface area (Å²) in [4.78, 5) is 25.8. The van der Waals surface area contributed by atoms with Crippen LogP contribution in [0.5, 0.6) is 5.75 Å². The monoisotopic (exact) mass is 464 g/mol. The number of amides is 2. The van der Waals surface area contributed by atoms with Crippen molar-refractivity contribution in [1.29, 1.82) is 0 Å². The summed E-state index contributed by atoms with van der Waals surface area (Å²) < 4.78 is 11.6. The summed E-state index contributed by atoms with van der Waals surface area (Å²) in [5.41, 5.74) is 1.84. The first-order valence-corrected chi connectivity index (χ1v) is 9.89. The molecule has 0 unspecified atom stereocenters. The molecular weight excluding hydrogens is 448 g/mol. The molecule has 1 heterocycles. The Kier molecular flexibility index (Phi) is 5.54. The third-order valence-corrected chi connectivity index (χ3v) is 5.20. The molecule has 0 bridgehead atoms. The van der Waals surface area contributed by atoms with Gasteiger partial charge in [-0.15, -0.1) is 0 Å². The molecule has 4 rings (SSSR count). The number of hydrogen-bond acceptors (Lipinski definition) is 4. The van der Waals surface area contributed by atoms with Crippen LogP contribution in [-0.2, 0) is 0 Å². The van der Waals surface area contributed by atoms with Crippen molar-refractivity contribution in [3.63, 3.8) is 0 Å². The molecule has 3 aromatic carbocycles. The van der Waals surface area contributed by atoms with Crippen LogP contribution in [0, 0.1) is 0 Å². The third-order valence-electron chi connectivity index (χ3n) is 4.51. The number of hydrogen-bond donors (Lipinski definition) is 2. The summed E-state index contributed by atoms with van der Waals surface area (Å²) in [7, 11) is 1.57. The molecule has 0 aliphatic rings. The second-order valence-electron chi connectivity index (χ2n) is 6.42. The standard InChI is InChI=1S/C23H17BrN2O4/c1-29-15-12-10-14(11-13-15)25-23(28)21-20(17-7-3-5-9-19(17)30-21)26-22(27)16-6-2-4-8-18(16)24/h2-13H,1H3,(H,25,28)(H,26,27). The summed E-state index contributed by atoms with van der Waals surface area (Å²) in [6, 6.07) is 21.1. The van der Waals surface area contributed by atoms with E-state index >= 15 is 0 Å². The molecule has 0 saturated heterocycles. The molecule has 2 amide bonds.